The molecule has 1 aromatic carbocycles. The van der Waals surface area contributed by atoms with Crippen molar-refractivity contribution in [1.82, 2.24) is 0 Å². The molecule has 16 heavy (non-hydrogen) atoms. The standard InChI is InChI=1S/C11H10F4O/c1-7-4-9(12)3-2-8(7)5-10(16)6-11(13,14)15/h2-4H,5-6H2,1H3. The normalized spacial score (nSPS) is 11.6. The fourth-order valence-corrected chi connectivity index (χ4v) is 1.36. The monoisotopic (exact) mass is 234 g/mol. The number of Topliss-reactive ketones (excluding diaryl/α,β-unsaturated/α-hetero) is 1. The van der Waals surface area contributed by atoms with E-state index in [0.29, 0.717) is 11.1 Å². The van der Waals surface area contributed by atoms with Gasteiger partial charge in [0.05, 0.1) is 0 Å². The zero-order valence-corrected chi connectivity index (χ0v) is 8.57. The van der Waals surface area contributed by atoms with E-state index < -0.39 is 24.2 Å². The molecule has 0 heterocycles. The Morgan fingerprint density at radius 2 is 1.94 bits per heavy atom. The van der Waals surface area contributed by atoms with E-state index in [1.807, 2.05) is 0 Å². The first-order valence-electron chi connectivity index (χ1n) is 4.61. The van der Waals surface area contributed by atoms with Gasteiger partial charge in [-0.25, -0.2) is 4.39 Å². The smallest absolute Gasteiger partial charge is 0.299 e. The Balaban J connectivity index is 2.70. The van der Waals surface area contributed by atoms with Gasteiger partial charge in [0.25, 0.3) is 0 Å². The van der Waals surface area contributed by atoms with Crippen molar-refractivity contribution in [3.8, 4) is 0 Å². The Bertz CT molecular complexity index is 395. The van der Waals surface area contributed by atoms with E-state index in [4.69, 9.17) is 0 Å². The maximum absolute atomic E-state index is 12.7. The molecular weight excluding hydrogens is 224 g/mol. The molecule has 0 bridgehead atoms. The minimum atomic E-state index is -4.48. The number of hydrogen-bond donors (Lipinski definition) is 0. The second kappa shape index (κ2) is 4.63. The van der Waals surface area contributed by atoms with Gasteiger partial charge in [-0.15, -0.1) is 0 Å². The number of ketones is 1. The number of halogens is 4. The molecule has 0 aliphatic heterocycles. The van der Waals surface area contributed by atoms with Crippen LogP contribution in [0.25, 0.3) is 0 Å². The molecule has 0 aliphatic carbocycles. The van der Waals surface area contributed by atoms with Crippen molar-refractivity contribution in [3.05, 3.63) is 35.1 Å². The van der Waals surface area contributed by atoms with Gasteiger partial charge in [-0.3, -0.25) is 4.79 Å². The van der Waals surface area contributed by atoms with E-state index in [-0.39, 0.29) is 6.42 Å². The van der Waals surface area contributed by atoms with Crippen LogP contribution >= 0.6 is 0 Å². The third-order valence-electron chi connectivity index (χ3n) is 2.09. The summed E-state index contributed by atoms with van der Waals surface area (Å²) in [5.41, 5.74) is 0.908. The van der Waals surface area contributed by atoms with Crippen LogP contribution in [0.4, 0.5) is 17.6 Å². The van der Waals surface area contributed by atoms with Crippen LogP contribution in [0.15, 0.2) is 18.2 Å². The summed E-state index contributed by atoms with van der Waals surface area (Å²) in [5.74, 6) is -1.38. The van der Waals surface area contributed by atoms with Gasteiger partial charge in [-0.1, -0.05) is 6.07 Å². The van der Waals surface area contributed by atoms with Gasteiger partial charge in [-0.05, 0) is 30.2 Å². The molecule has 0 fully saturated rings. The van der Waals surface area contributed by atoms with Crippen molar-refractivity contribution in [1.29, 1.82) is 0 Å². The summed E-state index contributed by atoms with van der Waals surface area (Å²) in [7, 11) is 0. The zero-order chi connectivity index (χ0) is 12.3. The van der Waals surface area contributed by atoms with Gasteiger partial charge < -0.3 is 0 Å². The predicted molar refractivity (Wildman–Crippen MR) is 50.5 cm³/mol. The molecule has 0 aromatic heterocycles. The number of hydrogen-bond acceptors (Lipinski definition) is 1. The second-order valence-electron chi connectivity index (χ2n) is 3.58. The third kappa shape index (κ3) is 4.00. The summed E-state index contributed by atoms with van der Waals surface area (Å²) in [6.07, 6.45) is -6.24. The molecule has 0 spiro atoms. The number of rotatable bonds is 3. The van der Waals surface area contributed by atoms with Gasteiger partial charge in [0.2, 0.25) is 0 Å². The minimum Gasteiger partial charge on any atom is -0.299 e. The lowest BCUT2D eigenvalue weighted by Gasteiger charge is -2.07. The quantitative estimate of drug-likeness (QED) is 0.734. The lowest BCUT2D eigenvalue weighted by molar-refractivity contribution is -0.151. The van der Waals surface area contributed by atoms with Crippen molar-refractivity contribution in [2.45, 2.75) is 25.9 Å². The van der Waals surface area contributed by atoms with E-state index in [1.165, 1.54) is 12.1 Å². The average molecular weight is 234 g/mol. The van der Waals surface area contributed by atoms with Gasteiger partial charge in [0.15, 0.2) is 0 Å². The van der Waals surface area contributed by atoms with Crippen LogP contribution < -0.4 is 0 Å². The molecule has 88 valence electrons. The van der Waals surface area contributed by atoms with Crippen LogP contribution in [0.1, 0.15) is 17.5 Å². The minimum absolute atomic E-state index is 0.314. The fraction of sp³-hybridized carbons (Fsp3) is 0.364. The van der Waals surface area contributed by atoms with Crippen molar-refractivity contribution >= 4 is 5.78 Å². The molecule has 0 atom stereocenters. The van der Waals surface area contributed by atoms with Crippen LogP contribution in [-0.4, -0.2) is 12.0 Å². The lowest BCUT2D eigenvalue weighted by atomic mass is 10.0. The van der Waals surface area contributed by atoms with Crippen LogP contribution in [0.2, 0.25) is 0 Å². The Hall–Kier alpha value is -1.39. The molecular formula is C11H10F4O. The molecule has 1 nitrogen and oxygen atoms in total. The van der Waals surface area contributed by atoms with E-state index in [0.717, 1.165) is 6.07 Å². The largest absolute Gasteiger partial charge is 0.395 e. The zero-order valence-electron chi connectivity index (χ0n) is 8.57. The summed E-state index contributed by atoms with van der Waals surface area (Å²) < 4.78 is 48.4. The van der Waals surface area contributed by atoms with E-state index >= 15 is 0 Å². The maximum Gasteiger partial charge on any atom is 0.395 e. The van der Waals surface area contributed by atoms with E-state index in [2.05, 4.69) is 0 Å². The molecule has 0 N–H and O–H groups in total. The SMILES string of the molecule is Cc1cc(F)ccc1CC(=O)CC(F)(F)F. The Labute approximate surface area is 90.1 Å². The fourth-order valence-electron chi connectivity index (χ4n) is 1.36. The first kappa shape index (κ1) is 12.7. The number of aryl methyl sites for hydroxylation is 1. The van der Waals surface area contributed by atoms with Crippen molar-refractivity contribution < 1.29 is 22.4 Å². The van der Waals surface area contributed by atoms with E-state index in [1.54, 1.807) is 6.92 Å². The maximum atomic E-state index is 12.7. The van der Waals surface area contributed by atoms with Crippen molar-refractivity contribution in [2.75, 3.05) is 0 Å². The number of alkyl halides is 3. The first-order valence-corrected chi connectivity index (χ1v) is 4.61. The number of carbonyl (C=O) groups excluding carboxylic acids is 1. The van der Waals surface area contributed by atoms with Crippen LogP contribution in [-0.2, 0) is 11.2 Å². The summed E-state index contributed by atoms with van der Waals surface area (Å²) in [6, 6.07) is 3.65. The number of carbonyl (C=O) groups is 1. The highest BCUT2D eigenvalue weighted by molar-refractivity contribution is 5.81. The van der Waals surface area contributed by atoms with Crippen LogP contribution in [0.3, 0.4) is 0 Å². The molecule has 0 amide bonds. The van der Waals surface area contributed by atoms with Crippen molar-refractivity contribution in [3.63, 3.8) is 0 Å². The number of benzene rings is 1. The van der Waals surface area contributed by atoms with Crippen molar-refractivity contribution in [2.24, 2.45) is 0 Å². The summed E-state index contributed by atoms with van der Waals surface area (Å²) >= 11 is 0. The van der Waals surface area contributed by atoms with Crippen LogP contribution in [0.5, 0.6) is 0 Å². The Morgan fingerprint density at radius 1 is 1.31 bits per heavy atom. The lowest BCUT2D eigenvalue weighted by Crippen LogP contribution is -2.16. The molecule has 0 aliphatic rings. The van der Waals surface area contributed by atoms with Gasteiger partial charge in [0, 0.05) is 6.42 Å². The van der Waals surface area contributed by atoms with Gasteiger partial charge >= 0.3 is 6.18 Å². The van der Waals surface area contributed by atoms with Crippen LogP contribution in [0, 0.1) is 12.7 Å². The molecule has 0 saturated heterocycles. The highest BCUT2D eigenvalue weighted by Crippen LogP contribution is 2.21. The molecule has 0 saturated carbocycles. The summed E-state index contributed by atoms with van der Waals surface area (Å²) in [4.78, 5) is 11.1. The first-order chi connectivity index (χ1) is 7.28. The highest BCUT2D eigenvalue weighted by atomic mass is 19.4. The van der Waals surface area contributed by atoms with E-state index in [9.17, 15) is 22.4 Å². The highest BCUT2D eigenvalue weighted by Gasteiger charge is 2.30. The van der Waals surface area contributed by atoms with Gasteiger partial charge in [-0.2, -0.15) is 13.2 Å². The predicted octanol–water partition coefficient (Wildman–Crippen LogP) is 3.20. The molecule has 0 radical (unpaired) electrons. The molecule has 5 heteroatoms. The Morgan fingerprint density at radius 3 is 2.44 bits per heavy atom. The summed E-state index contributed by atoms with van der Waals surface area (Å²) in [5, 5.41) is 0. The third-order valence-corrected chi connectivity index (χ3v) is 2.09. The molecule has 1 rings (SSSR count). The molecule has 0 unspecified atom stereocenters. The molecule has 1 aromatic rings. The topological polar surface area (TPSA) is 17.1 Å². The Kier molecular flexibility index (Phi) is 3.67. The summed E-state index contributed by atoms with van der Waals surface area (Å²) in [6.45, 7) is 1.55. The second-order valence-corrected chi connectivity index (χ2v) is 3.58. The van der Waals surface area contributed by atoms with Gasteiger partial charge in [0.1, 0.15) is 18.0 Å². The average Bonchev–Trinajstić information content (AvgIpc) is 2.06.